The van der Waals surface area contributed by atoms with Crippen molar-refractivity contribution in [1.29, 1.82) is 0 Å². The molecule has 0 fully saturated rings. The first kappa shape index (κ1) is 10.6. The summed E-state index contributed by atoms with van der Waals surface area (Å²) in [7, 11) is 0. The van der Waals surface area contributed by atoms with E-state index in [9.17, 15) is 9.59 Å². The van der Waals surface area contributed by atoms with E-state index in [1.165, 1.54) is 6.92 Å². The summed E-state index contributed by atoms with van der Waals surface area (Å²) in [5.74, 6) is -0.360. The fraction of sp³-hybridized carbons (Fsp3) is 0.273. The molecule has 5 nitrogen and oxygen atoms in total. The number of carbonyl (C=O) groups is 1. The zero-order valence-electron chi connectivity index (χ0n) is 8.87. The van der Waals surface area contributed by atoms with Crippen molar-refractivity contribution in [2.24, 2.45) is 0 Å². The van der Waals surface area contributed by atoms with E-state index in [0.29, 0.717) is 24.2 Å². The summed E-state index contributed by atoms with van der Waals surface area (Å²) >= 11 is 0. The Morgan fingerprint density at radius 3 is 3.06 bits per heavy atom. The van der Waals surface area contributed by atoms with Crippen LogP contribution in [0, 0.1) is 0 Å². The molecule has 0 radical (unpaired) electrons. The molecule has 0 bridgehead atoms. The Balaban J connectivity index is 2.13. The monoisotopic (exact) mass is 220 g/mol. The van der Waals surface area contributed by atoms with Gasteiger partial charge < -0.3 is 9.73 Å². The van der Waals surface area contributed by atoms with E-state index in [4.69, 9.17) is 4.42 Å². The number of benzene rings is 1. The second kappa shape index (κ2) is 4.32. The first-order valence-corrected chi connectivity index (χ1v) is 4.97. The van der Waals surface area contributed by atoms with Gasteiger partial charge in [-0.15, -0.1) is 0 Å². The molecular formula is C11H12N2O3. The summed E-state index contributed by atoms with van der Waals surface area (Å²) in [5.41, 5.74) is 2.21. The summed E-state index contributed by atoms with van der Waals surface area (Å²) in [6.07, 6.45) is 0. The molecule has 0 aliphatic heterocycles. The van der Waals surface area contributed by atoms with Crippen LogP contribution in [0.1, 0.15) is 12.5 Å². The third-order valence-corrected chi connectivity index (χ3v) is 2.19. The van der Waals surface area contributed by atoms with Gasteiger partial charge in [-0.1, -0.05) is 6.07 Å². The molecule has 2 aromatic rings. The average Bonchev–Trinajstić information content (AvgIpc) is 2.56. The van der Waals surface area contributed by atoms with Crippen molar-refractivity contribution in [1.82, 2.24) is 10.3 Å². The molecule has 16 heavy (non-hydrogen) atoms. The van der Waals surface area contributed by atoms with Crippen LogP contribution in [0.2, 0.25) is 0 Å². The number of ketones is 1. The molecule has 0 saturated carbocycles. The van der Waals surface area contributed by atoms with Crippen LogP contribution in [0.15, 0.2) is 27.4 Å². The van der Waals surface area contributed by atoms with Crippen molar-refractivity contribution in [3.63, 3.8) is 0 Å². The van der Waals surface area contributed by atoms with Gasteiger partial charge in [0.05, 0.1) is 12.1 Å². The number of carbonyl (C=O) groups excluding carboxylic acids is 1. The number of Topliss-reactive ketones (excluding diaryl/α,β-unsaturated/α-hetero) is 1. The van der Waals surface area contributed by atoms with Crippen LogP contribution in [0.4, 0.5) is 0 Å². The van der Waals surface area contributed by atoms with Gasteiger partial charge in [-0.25, -0.2) is 4.79 Å². The highest BCUT2D eigenvalue weighted by Crippen LogP contribution is 2.11. The Labute approximate surface area is 91.5 Å². The van der Waals surface area contributed by atoms with Crippen LogP contribution in [0.5, 0.6) is 0 Å². The summed E-state index contributed by atoms with van der Waals surface area (Å²) < 4.78 is 4.88. The molecule has 0 aliphatic carbocycles. The fourth-order valence-corrected chi connectivity index (χ4v) is 1.49. The minimum atomic E-state index is -0.455. The fourth-order valence-electron chi connectivity index (χ4n) is 1.49. The molecule has 0 amide bonds. The van der Waals surface area contributed by atoms with Crippen LogP contribution >= 0.6 is 0 Å². The smallest absolute Gasteiger partial charge is 0.408 e. The maximum Gasteiger partial charge on any atom is 0.417 e. The minimum Gasteiger partial charge on any atom is -0.408 e. The maximum absolute atomic E-state index is 10.9. The van der Waals surface area contributed by atoms with E-state index >= 15 is 0 Å². The Hall–Kier alpha value is -1.88. The van der Waals surface area contributed by atoms with E-state index in [-0.39, 0.29) is 5.78 Å². The number of aromatic nitrogens is 1. The van der Waals surface area contributed by atoms with E-state index in [0.717, 1.165) is 5.56 Å². The van der Waals surface area contributed by atoms with Crippen molar-refractivity contribution in [2.75, 3.05) is 6.54 Å². The average molecular weight is 220 g/mol. The SMILES string of the molecule is CC(=O)CNCc1ccc2oc(=O)[nH]c2c1. The number of hydrogen-bond acceptors (Lipinski definition) is 4. The lowest BCUT2D eigenvalue weighted by Crippen LogP contribution is -2.20. The quantitative estimate of drug-likeness (QED) is 0.799. The Kier molecular flexibility index (Phi) is 2.87. The predicted molar refractivity (Wildman–Crippen MR) is 59.2 cm³/mol. The normalized spacial score (nSPS) is 10.8. The Bertz CT molecular complexity index is 568. The topological polar surface area (TPSA) is 75.1 Å². The molecule has 0 unspecified atom stereocenters. The number of H-pyrrole nitrogens is 1. The van der Waals surface area contributed by atoms with E-state index in [1.54, 1.807) is 6.07 Å². The second-order valence-corrected chi connectivity index (χ2v) is 3.65. The molecule has 0 saturated heterocycles. The molecule has 1 aromatic heterocycles. The van der Waals surface area contributed by atoms with Crippen LogP contribution in [0.3, 0.4) is 0 Å². The highest BCUT2D eigenvalue weighted by molar-refractivity contribution is 5.77. The van der Waals surface area contributed by atoms with E-state index in [2.05, 4.69) is 10.3 Å². The summed E-state index contributed by atoms with van der Waals surface area (Å²) in [4.78, 5) is 24.2. The van der Waals surface area contributed by atoms with Crippen molar-refractivity contribution >= 4 is 16.9 Å². The van der Waals surface area contributed by atoms with Crippen LogP contribution in [0.25, 0.3) is 11.1 Å². The lowest BCUT2D eigenvalue weighted by atomic mass is 10.2. The molecule has 1 heterocycles. The van der Waals surface area contributed by atoms with Crippen molar-refractivity contribution in [2.45, 2.75) is 13.5 Å². The number of aromatic amines is 1. The minimum absolute atomic E-state index is 0.0952. The van der Waals surface area contributed by atoms with Crippen molar-refractivity contribution in [3.8, 4) is 0 Å². The molecular weight excluding hydrogens is 208 g/mol. The lowest BCUT2D eigenvalue weighted by molar-refractivity contribution is -0.116. The van der Waals surface area contributed by atoms with E-state index in [1.807, 2.05) is 12.1 Å². The van der Waals surface area contributed by atoms with Gasteiger partial charge in [-0.3, -0.25) is 9.78 Å². The van der Waals surface area contributed by atoms with Crippen LogP contribution in [-0.4, -0.2) is 17.3 Å². The van der Waals surface area contributed by atoms with Gasteiger partial charge in [-0.2, -0.15) is 0 Å². The number of hydrogen-bond donors (Lipinski definition) is 2. The number of oxazole rings is 1. The largest absolute Gasteiger partial charge is 0.417 e. The molecule has 84 valence electrons. The molecule has 0 spiro atoms. The molecule has 0 atom stereocenters. The van der Waals surface area contributed by atoms with Gasteiger partial charge in [0.15, 0.2) is 5.58 Å². The number of fused-ring (bicyclic) bond motifs is 1. The van der Waals surface area contributed by atoms with Crippen LogP contribution < -0.4 is 11.1 Å². The second-order valence-electron chi connectivity index (χ2n) is 3.65. The standard InChI is InChI=1S/C11H12N2O3/c1-7(14)5-12-6-8-2-3-10-9(4-8)13-11(15)16-10/h2-4,12H,5-6H2,1H3,(H,13,15). The molecule has 2 N–H and O–H groups in total. The molecule has 0 aliphatic rings. The number of rotatable bonds is 4. The van der Waals surface area contributed by atoms with Crippen LogP contribution in [-0.2, 0) is 11.3 Å². The predicted octanol–water partition coefficient (Wildman–Crippen LogP) is 0.800. The molecule has 5 heteroatoms. The first-order chi connectivity index (χ1) is 7.65. The van der Waals surface area contributed by atoms with Gasteiger partial charge >= 0.3 is 5.76 Å². The van der Waals surface area contributed by atoms with Gasteiger partial charge in [-0.05, 0) is 24.6 Å². The molecule has 2 rings (SSSR count). The third kappa shape index (κ3) is 2.38. The highest BCUT2D eigenvalue weighted by Gasteiger charge is 2.01. The van der Waals surface area contributed by atoms with Gasteiger partial charge in [0.1, 0.15) is 5.78 Å². The van der Waals surface area contributed by atoms with E-state index < -0.39 is 5.76 Å². The Morgan fingerprint density at radius 1 is 1.50 bits per heavy atom. The van der Waals surface area contributed by atoms with Gasteiger partial charge in [0.2, 0.25) is 0 Å². The lowest BCUT2D eigenvalue weighted by Gasteiger charge is -2.01. The summed E-state index contributed by atoms with van der Waals surface area (Å²) in [5, 5.41) is 3.00. The first-order valence-electron chi connectivity index (χ1n) is 4.97. The summed E-state index contributed by atoms with van der Waals surface area (Å²) in [6.45, 7) is 2.46. The summed E-state index contributed by atoms with van der Waals surface area (Å²) in [6, 6.07) is 5.41. The third-order valence-electron chi connectivity index (χ3n) is 2.19. The highest BCUT2D eigenvalue weighted by atomic mass is 16.4. The number of nitrogens with one attached hydrogen (secondary N) is 2. The maximum atomic E-state index is 10.9. The van der Waals surface area contributed by atoms with Gasteiger partial charge in [0, 0.05) is 6.54 Å². The van der Waals surface area contributed by atoms with Crippen molar-refractivity contribution < 1.29 is 9.21 Å². The van der Waals surface area contributed by atoms with Crippen molar-refractivity contribution in [3.05, 3.63) is 34.3 Å². The molecule has 1 aromatic carbocycles. The Morgan fingerprint density at radius 2 is 2.31 bits per heavy atom. The zero-order chi connectivity index (χ0) is 11.5. The zero-order valence-corrected chi connectivity index (χ0v) is 8.87. The van der Waals surface area contributed by atoms with Gasteiger partial charge in [0.25, 0.3) is 0 Å².